The van der Waals surface area contributed by atoms with Crippen LogP contribution < -0.4 is 16.4 Å². The minimum Gasteiger partial charge on any atom is -0.507 e. The lowest BCUT2D eigenvalue weighted by atomic mass is 9.53. The molecule has 12 nitrogen and oxygen atoms in total. The lowest BCUT2D eigenvalue weighted by Gasteiger charge is -2.48. The summed E-state index contributed by atoms with van der Waals surface area (Å²) in [5.41, 5.74) is 3.81. The number of rotatable bonds is 8. The molecule has 5 atom stereocenters. The first-order chi connectivity index (χ1) is 17.4. The number of aliphatic hydroxyl groups is 1. The SMILES string of the molecule is CNc1cc(CNCCCC(=O)O)c(O)c2c1C[C@H]1C[C@H]3CC(=O)C(C(N)=O)C(=O)[C@@]3(O)C(=O)C1C2=O. The third-order valence-electron chi connectivity index (χ3n) is 7.81. The fraction of sp³-hybridized carbons (Fsp3) is 0.520. The van der Waals surface area contributed by atoms with Crippen LogP contribution >= 0.6 is 0 Å². The molecule has 0 aromatic heterocycles. The number of hydrogen-bond acceptors (Lipinski definition) is 10. The molecule has 0 aliphatic heterocycles. The monoisotopic (exact) mass is 515 g/mol. The number of nitrogens with two attached hydrogens (primary N) is 1. The van der Waals surface area contributed by atoms with E-state index in [1.165, 1.54) is 0 Å². The number of benzene rings is 1. The molecule has 2 fully saturated rings. The van der Waals surface area contributed by atoms with E-state index in [2.05, 4.69) is 10.6 Å². The molecule has 3 aliphatic carbocycles. The van der Waals surface area contributed by atoms with Crippen molar-refractivity contribution in [2.75, 3.05) is 18.9 Å². The molecule has 1 aromatic carbocycles. The Bertz CT molecular complexity index is 1230. The van der Waals surface area contributed by atoms with Gasteiger partial charge in [-0.1, -0.05) is 0 Å². The van der Waals surface area contributed by atoms with E-state index in [4.69, 9.17) is 10.8 Å². The van der Waals surface area contributed by atoms with E-state index >= 15 is 0 Å². The Kier molecular flexibility index (Phi) is 6.91. The average molecular weight is 516 g/mol. The Morgan fingerprint density at radius 1 is 1.16 bits per heavy atom. The van der Waals surface area contributed by atoms with Crippen LogP contribution in [0.25, 0.3) is 0 Å². The van der Waals surface area contributed by atoms with Gasteiger partial charge in [-0.3, -0.25) is 28.8 Å². The molecule has 198 valence electrons. The number of carboxylic acid groups (broad SMARTS) is 1. The highest BCUT2D eigenvalue weighted by molar-refractivity contribution is 6.31. The molecule has 1 amide bonds. The maximum atomic E-state index is 13.7. The second kappa shape index (κ2) is 9.67. The number of hydrogen-bond donors (Lipinski definition) is 6. The van der Waals surface area contributed by atoms with Crippen LogP contribution in [0.4, 0.5) is 5.69 Å². The fourth-order valence-electron chi connectivity index (χ4n) is 6.04. The van der Waals surface area contributed by atoms with Crippen molar-refractivity contribution < 1.29 is 44.1 Å². The summed E-state index contributed by atoms with van der Waals surface area (Å²) >= 11 is 0. The van der Waals surface area contributed by atoms with E-state index in [0.29, 0.717) is 29.8 Å². The van der Waals surface area contributed by atoms with Gasteiger partial charge in [-0.15, -0.1) is 0 Å². The average Bonchev–Trinajstić information content (AvgIpc) is 2.82. The van der Waals surface area contributed by atoms with Crippen LogP contribution in [0.1, 0.15) is 47.2 Å². The summed E-state index contributed by atoms with van der Waals surface area (Å²) < 4.78 is 0. The van der Waals surface area contributed by atoms with E-state index in [1.54, 1.807) is 13.1 Å². The van der Waals surface area contributed by atoms with Crippen molar-refractivity contribution in [1.82, 2.24) is 5.32 Å². The molecule has 4 rings (SSSR count). The van der Waals surface area contributed by atoms with Crippen molar-refractivity contribution in [3.8, 4) is 5.75 Å². The molecule has 3 aliphatic rings. The zero-order valence-corrected chi connectivity index (χ0v) is 20.2. The van der Waals surface area contributed by atoms with Gasteiger partial charge in [0.25, 0.3) is 0 Å². The minimum atomic E-state index is -2.69. The number of phenolic OH excluding ortho intramolecular Hbond substituents is 1. The summed E-state index contributed by atoms with van der Waals surface area (Å²) in [5, 5.41) is 37.1. The number of phenols is 1. The number of fused-ring (bicyclic) bond motifs is 3. The molecular formula is C25H29N3O9. The molecule has 0 heterocycles. The molecule has 12 heteroatoms. The van der Waals surface area contributed by atoms with Crippen LogP contribution in [0, 0.1) is 23.7 Å². The van der Waals surface area contributed by atoms with Crippen molar-refractivity contribution >= 4 is 40.7 Å². The van der Waals surface area contributed by atoms with E-state index < -0.39 is 64.3 Å². The quantitative estimate of drug-likeness (QED) is 0.145. The Balaban J connectivity index is 1.68. The topological polar surface area (TPSA) is 213 Å². The second-order valence-electron chi connectivity index (χ2n) is 9.95. The van der Waals surface area contributed by atoms with Gasteiger partial charge >= 0.3 is 5.97 Å². The fourth-order valence-corrected chi connectivity index (χ4v) is 6.04. The van der Waals surface area contributed by atoms with Gasteiger partial charge in [0.2, 0.25) is 5.91 Å². The molecule has 0 bridgehead atoms. The zero-order chi connectivity index (χ0) is 27.2. The number of carboxylic acids is 1. The number of anilines is 1. The van der Waals surface area contributed by atoms with Crippen molar-refractivity contribution in [3.05, 3.63) is 22.8 Å². The van der Waals surface area contributed by atoms with Gasteiger partial charge in [0.1, 0.15) is 5.75 Å². The zero-order valence-electron chi connectivity index (χ0n) is 20.2. The Hall–Kier alpha value is -3.64. The number of carbonyl (C=O) groups excluding carboxylic acids is 5. The van der Waals surface area contributed by atoms with E-state index in [-0.39, 0.29) is 43.5 Å². The highest BCUT2D eigenvalue weighted by Crippen LogP contribution is 2.51. The third kappa shape index (κ3) is 4.19. The molecule has 0 saturated heterocycles. The summed E-state index contributed by atoms with van der Waals surface area (Å²) in [6.45, 7) is 0.473. The number of aliphatic carboxylic acids is 1. The molecule has 0 radical (unpaired) electrons. The van der Waals surface area contributed by atoms with Gasteiger partial charge < -0.3 is 31.7 Å². The highest BCUT2D eigenvalue weighted by atomic mass is 16.4. The summed E-state index contributed by atoms with van der Waals surface area (Å²) in [7, 11) is 1.64. The Labute approximate surface area is 211 Å². The summed E-state index contributed by atoms with van der Waals surface area (Å²) in [5.74, 6) is -11.5. The van der Waals surface area contributed by atoms with Crippen molar-refractivity contribution in [2.45, 2.75) is 44.2 Å². The van der Waals surface area contributed by atoms with Gasteiger partial charge in [-0.25, -0.2) is 0 Å². The van der Waals surface area contributed by atoms with Crippen molar-refractivity contribution in [3.63, 3.8) is 0 Å². The van der Waals surface area contributed by atoms with E-state index in [1.807, 2.05) is 0 Å². The van der Waals surface area contributed by atoms with Crippen LogP contribution in [0.2, 0.25) is 0 Å². The lowest BCUT2D eigenvalue weighted by molar-refractivity contribution is -0.175. The van der Waals surface area contributed by atoms with Crippen LogP contribution in [0.5, 0.6) is 5.75 Å². The molecule has 0 spiro atoms. The van der Waals surface area contributed by atoms with Crippen LogP contribution in [0.15, 0.2) is 6.07 Å². The standard InChI is InChI=1S/C25H29N3O9/c1-27-14-7-11(9-28-4-2-3-16(30)31)20(32)18-13(14)6-10-5-12-8-15(29)19(24(26)36)23(35)25(12,37)22(34)17(10)21(18)33/h7,10,12,17,19,27-28,32,37H,2-6,8-9H2,1H3,(H2,26,36)(H,30,31)/t10-,12+,17?,19?,25+/m1/s1. The number of primary amides is 1. The second-order valence-corrected chi connectivity index (χ2v) is 9.95. The number of ketones is 4. The molecular weight excluding hydrogens is 486 g/mol. The summed E-state index contributed by atoms with van der Waals surface area (Å²) in [6.07, 6.45) is 0.154. The molecule has 37 heavy (non-hydrogen) atoms. The predicted molar refractivity (Wildman–Crippen MR) is 127 cm³/mol. The molecule has 7 N–H and O–H groups in total. The highest BCUT2D eigenvalue weighted by Gasteiger charge is 2.66. The first kappa shape index (κ1) is 26.4. The van der Waals surface area contributed by atoms with Crippen LogP contribution in [-0.4, -0.2) is 69.5 Å². The number of Topliss-reactive ketones (excluding diaryl/α,β-unsaturated/α-hetero) is 4. The Morgan fingerprint density at radius 3 is 2.49 bits per heavy atom. The predicted octanol–water partition coefficient (Wildman–Crippen LogP) is -0.677. The molecule has 2 unspecified atom stereocenters. The van der Waals surface area contributed by atoms with E-state index in [0.717, 1.165) is 0 Å². The minimum absolute atomic E-state index is 0.0256. The number of carbonyl (C=O) groups is 6. The first-order valence-electron chi connectivity index (χ1n) is 12.1. The van der Waals surface area contributed by atoms with Crippen molar-refractivity contribution in [1.29, 1.82) is 0 Å². The summed E-state index contributed by atoms with van der Waals surface area (Å²) in [4.78, 5) is 75.1. The van der Waals surface area contributed by atoms with Gasteiger partial charge in [-0.2, -0.15) is 0 Å². The Morgan fingerprint density at radius 2 is 1.86 bits per heavy atom. The van der Waals surface area contributed by atoms with E-state index in [9.17, 15) is 39.0 Å². The smallest absolute Gasteiger partial charge is 0.303 e. The van der Waals surface area contributed by atoms with Crippen LogP contribution in [0.3, 0.4) is 0 Å². The first-order valence-corrected chi connectivity index (χ1v) is 12.1. The molecule has 1 aromatic rings. The normalized spacial score (nSPS) is 28.8. The van der Waals surface area contributed by atoms with Gasteiger partial charge in [0.15, 0.2) is 34.7 Å². The number of aromatic hydroxyl groups is 1. The van der Waals surface area contributed by atoms with Gasteiger partial charge in [-0.05, 0) is 43.4 Å². The lowest BCUT2D eigenvalue weighted by Crippen LogP contribution is -2.68. The largest absolute Gasteiger partial charge is 0.507 e. The van der Waals surface area contributed by atoms with Gasteiger partial charge in [0, 0.05) is 43.6 Å². The molecule has 2 saturated carbocycles. The number of nitrogens with one attached hydrogen (secondary N) is 2. The number of amides is 1. The maximum Gasteiger partial charge on any atom is 0.303 e. The summed E-state index contributed by atoms with van der Waals surface area (Å²) in [6, 6.07) is 1.66. The van der Waals surface area contributed by atoms with Crippen LogP contribution in [-0.2, 0) is 36.9 Å². The third-order valence-corrected chi connectivity index (χ3v) is 7.81. The maximum absolute atomic E-state index is 13.7. The van der Waals surface area contributed by atoms with Crippen molar-refractivity contribution in [2.24, 2.45) is 29.4 Å². The van der Waals surface area contributed by atoms with Gasteiger partial charge in [0.05, 0.1) is 11.5 Å².